The van der Waals surface area contributed by atoms with Crippen LogP contribution in [0, 0.1) is 0 Å². The second kappa shape index (κ2) is 6.60. The van der Waals surface area contributed by atoms with Crippen LogP contribution in [0.3, 0.4) is 0 Å². The number of aryl methyl sites for hydroxylation is 2. The van der Waals surface area contributed by atoms with E-state index in [0.29, 0.717) is 37.4 Å². The minimum atomic E-state index is -0.886. The average molecular weight is 335 g/mol. The van der Waals surface area contributed by atoms with Crippen LogP contribution in [0.15, 0.2) is 18.5 Å². The van der Waals surface area contributed by atoms with E-state index in [1.165, 1.54) is 10.9 Å². The lowest BCUT2D eigenvalue weighted by molar-refractivity contribution is 0.0940. The second-order valence-corrected chi connectivity index (χ2v) is 6.14. The van der Waals surface area contributed by atoms with Gasteiger partial charge >= 0.3 is 0 Å². The predicted octanol–water partition coefficient (Wildman–Crippen LogP) is 0.0782. The number of anilines is 1. The Balaban J connectivity index is 1.61. The van der Waals surface area contributed by atoms with Gasteiger partial charge in [0, 0.05) is 46.0 Å². The Labute approximate surface area is 139 Å². The zero-order valence-corrected chi connectivity index (χ0v) is 13.8. The molecule has 8 nitrogen and oxygen atoms in total. The highest BCUT2D eigenvalue weighted by Crippen LogP contribution is 2.22. The normalized spacial score (nSPS) is 21.3. The van der Waals surface area contributed by atoms with E-state index in [4.69, 9.17) is 5.73 Å². The van der Waals surface area contributed by atoms with Crippen molar-refractivity contribution in [3.63, 3.8) is 0 Å². The van der Waals surface area contributed by atoms with Gasteiger partial charge in [0.2, 0.25) is 0 Å². The van der Waals surface area contributed by atoms with E-state index in [0.717, 1.165) is 5.69 Å². The number of aromatic nitrogens is 4. The van der Waals surface area contributed by atoms with Crippen molar-refractivity contribution in [2.75, 3.05) is 18.8 Å². The van der Waals surface area contributed by atoms with Crippen LogP contribution in [0.2, 0.25) is 0 Å². The Morgan fingerprint density at radius 2 is 2.21 bits per heavy atom. The molecule has 24 heavy (non-hydrogen) atoms. The van der Waals surface area contributed by atoms with Crippen LogP contribution in [0.25, 0.3) is 0 Å². The fraction of sp³-hybridized carbons (Fsp3) is 0.533. The number of hydrogen-bond donors (Lipinski definition) is 2. The van der Waals surface area contributed by atoms with Crippen molar-refractivity contribution < 1.29 is 9.18 Å². The number of nitrogens with zero attached hydrogens (tertiary/aromatic N) is 5. The van der Waals surface area contributed by atoms with Gasteiger partial charge in [-0.15, -0.1) is 0 Å². The number of nitrogens with two attached hydrogens (primary N) is 1. The van der Waals surface area contributed by atoms with Crippen molar-refractivity contribution in [1.29, 1.82) is 0 Å². The number of carbonyl (C=O) groups excluding carboxylic acids is 1. The Morgan fingerprint density at radius 3 is 2.83 bits per heavy atom. The van der Waals surface area contributed by atoms with Gasteiger partial charge in [-0.25, -0.2) is 4.39 Å². The molecule has 1 aliphatic heterocycles. The van der Waals surface area contributed by atoms with Gasteiger partial charge in [0.05, 0.1) is 11.9 Å². The summed E-state index contributed by atoms with van der Waals surface area (Å²) in [6, 6.07) is 1.86. The summed E-state index contributed by atoms with van der Waals surface area (Å²) in [6.45, 7) is 1.33. The van der Waals surface area contributed by atoms with Crippen molar-refractivity contribution in [2.24, 2.45) is 14.1 Å². The highest BCUT2D eigenvalue weighted by Gasteiger charge is 2.32. The molecule has 9 heteroatoms. The number of nitrogen functional groups attached to an aromatic ring is 1. The highest BCUT2D eigenvalue weighted by atomic mass is 19.1. The van der Waals surface area contributed by atoms with Crippen molar-refractivity contribution in [2.45, 2.75) is 25.2 Å². The molecule has 1 amide bonds. The zero-order chi connectivity index (χ0) is 17.3. The van der Waals surface area contributed by atoms with E-state index in [1.54, 1.807) is 17.9 Å². The summed E-state index contributed by atoms with van der Waals surface area (Å²) in [5, 5.41) is 10.9. The maximum atomic E-state index is 13.9. The molecule has 130 valence electrons. The first-order chi connectivity index (χ1) is 11.5. The number of rotatable bonds is 5. The summed E-state index contributed by atoms with van der Waals surface area (Å²) < 4.78 is 17.1. The standard InChI is InChI=1S/C15H22FN7O/c1-21-11(3-4-19-21)9-23-8-10(16)5-12(23)6-18-15(24)13-7-20-22(2)14(13)17/h3-4,7,10,12H,5-6,8-9,17H2,1-2H3,(H,18,24)/t10-,12-/m0/s1. The van der Waals surface area contributed by atoms with Crippen LogP contribution in [0.5, 0.6) is 0 Å². The van der Waals surface area contributed by atoms with Gasteiger partial charge in [-0.2, -0.15) is 10.2 Å². The molecular formula is C15H22FN7O. The molecule has 0 bridgehead atoms. The molecule has 0 spiro atoms. The van der Waals surface area contributed by atoms with Crippen molar-refractivity contribution in [1.82, 2.24) is 29.8 Å². The van der Waals surface area contributed by atoms with Crippen LogP contribution in [-0.4, -0.2) is 55.7 Å². The molecule has 0 aromatic carbocycles. The Morgan fingerprint density at radius 1 is 1.42 bits per heavy atom. The fourth-order valence-corrected chi connectivity index (χ4v) is 3.02. The lowest BCUT2D eigenvalue weighted by Gasteiger charge is -2.24. The molecule has 0 saturated carbocycles. The Bertz CT molecular complexity index is 725. The first-order valence-corrected chi connectivity index (χ1v) is 7.86. The molecule has 0 radical (unpaired) electrons. The minimum absolute atomic E-state index is 0.0586. The first-order valence-electron chi connectivity index (χ1n) is 7.86. The molecule has 1 fully saturated rings. The number of amides is 1. The minimum Gasteiger partial charge on any atom is -0.383 e. The largest absolute Gasteiger partial charge is 0.383 e. The van der Waals surface area contributed by atoms with E-state index in [-0.39, 0.29) is 11.9 Å². The topological polar surface area (TPSA) is 94.0 Å². The van der Waals surface area contributed by atoms with Gasteiger partial charge in [0.25, 0.3) is 5.91 Å². The molecule has 1 saturated heterocycles. The van der Waals surface area contributed by atoms with Crippen LogP contribution in [0.4, 0.5) is 10.2 Å². The average Bonchev–Trinajstić information content (AvgIpc) is 3.20. The van der Waals surface area contributed by atoms with Crippen molar-refractivity contribution in [3.05, 3.63) is 29.7 Å². The Kier molecular flexibility index (Phi) is 4.52. The van der Waals surface area contributed by atoms with Crippen molar-refractivity contribution >= 4 is 11.7 Å². The summed E-state index contributed by atoms with van der Waals surface area (Å²) in [5.41, 5.74) is 7.15. The van der Waals surface area contributed by atoms with Gasteiger partial charge in [-0.3, -0.25) is 19.1 Å². The van der Waals surface area contributed by atoms with E-state index < -0.39 is 6.17 Å². The van der Waals surface area contributed by atoms with Crippen molar-refractivity contribution in [3.8, 4) is 0 Å². The summed E-state index contributed by atoms with van der Waals surface area (Å²) in [4.78, 5) is 14.3. The third kappa shape index (κ3) is 3.25. The molecule has 0 unspecified atom stereocenters. The molecule has 3 heterocycles. The number of likely N-dealkylation sites (tertiary alicyclic amines) is 1. The number of carbonyl (C=O) groups is 1. The Hall–Kier alpha value is -2.42. The maximum Gasteiger partial charge on any atom is 0.256 e. The molecule has 2 aromatic rings. The third-order valence-electron chi connectivity index (χ3n) is 4.49. The van der Waals surface area contributed by atoms with Crippen LogP contribution in [0.1, 0.15) is 22.5 Å². The lowest BCUT2D eigenvalue weighted by Crippen LogP contribution is -2.40. The van der Waals surface area contributed by atoms with Crippen LogP contribution < -0.4 is 11.1 Å². The first kappa shape index (κ1) is 16.4. The molecule has 0 aliphatic carbocycles. The van der Waals surface area contributed by atoms with E-state index in [2.05, 4.69) is 15.5 Å². The second-order valence-electron chi connectivity index (χ2n) is 6.14. The molecular weight excluding hydrogens is 313 g/mol. The number of halogens is 1. The quantitative estimate of drug-likeness (QED) is 0.807. The number of hydrogen-bond acceptors (Lipinski definition) is 5. The van der Waals surface area contributed by atoms with Gasteiger partial charge in [-0.1, -0.05) is 0 Å². The summed E-state index contributed by atoms with van der Waals surface area (Å²) in [5.74, 6) is 0.0254. The number of nitrogens with one attached hydrogen (secondary N) is 1. The molecule has 2 atom stereocenters. The fourth-order valence-electron chi connectivity index (χ4n) is 3.02. The zero-order valence-electron chi connectivity index (χ0n) is 13.8. The summed E-state index contributed by atoms with van der Waals surface area (Å²) in [6.07, 6.45) is 2.68. The maximum absolute atomic E-state index is 13.9. The SMILES string of the molecule is Cn1nccc1CN1C[C@@H](F)C[C@H]1CNC(=O)c1cnn(C)c1N. The lowest BCUT2D eigenvalue weighted by atomic mass is 10.2. The van der Waals surface area contributed by atoms with Gasteiger partial charge < -0.3 is 11.1 Å². The third-order valence-corrected chi connectivity index (χ3v) is 4.49. The van der Waals surface area contributed by atoms with E-state index in [1.807, 2.05) is 18.0 Å². The van der Waals surface area contributed by atoms with Gasteiger partial charge in [0.15, 0.2) is 0 Å². The van der Waals surface area contributed by atoms with Gasteiger partial charge in [0.1, 0.15) is 17.6 Å². The highest BCUT2D eigenvalue weighted by molar-refractivity contribution is 5.98. The molecule has 3 N–H and O–H groups in total. The van der Waals surface area contributed by atoms with Crippen LogP contribution in [-0.2, 0) is 20.6 Å². The van der Waals surface area contributed by atoms with Gasteiger partial charge in [-0.05, 0) is 12.5 Å². The smallest absolute Gasteiger partial charge is 0.256 e. The summed E-state index contributed by atoms with van der Waals surface area (Å²) >= 11 is 0. The van der Waals surface area contributed by atoms with Crippen LogP contribution >= 0.6 is 0 Å². The van der Waals surface area contributed by atoms with E-state index in [9.17, 15) is 9.18 Å². The van der Waals surface area contributed by atoms with E-state index >= 15 is 0 Å². The molecule has 2 aromatic heterocycles. The number of alkyl halides is 1. The molecule has 1 aliphatic rings. The predicted molar refractivity (Wildman–Crippen MR) is 86.9 cm³/mol. The monoisotopic (exact) mass is 335 g/mol. The summed E-state index contributed by atoms with van der Waals surface area (Å²) in [7, 11) is 3.53. The molecule has 3 rings (SSSR count).